The maximum absolute atomic E-state index is 10.1. The number of hydrogen-bond donors (Lipinski definition) is 2. The van der Waals surface area contributed by atoms with E-state index < -0.39 is 5.60 Å². The number of aliphatic hydroxyl groups is 1. The van der Waals surface area contributed by atoms with Gasteiger partial charge in [-0.2, -0.15) is 4.98 Å². The number of anilines is 1. The summed E-state index contributed by atoms with van der Waals surface area (Å²) in [6.45, 7) is 4.21. The van der Waals surface area contributed by atoms with Crippen molar-refractivity contribution in [3.8, 4) is 10.6 Å². The van der Waals surface area contributed by atoms with Crippen LogP contribution in [0.2, 0.25) is 0 Å². The van der Waals surface area contributed by atoms with Crippen molar-refractivity contribution < 1.29 is 14.3 Å². The molecule has 29 heavy (non-hydrogen) atoms. The predicted molar refractivity (Wildman–Crippen MR) is 111 cm³/mol. The number of oxazole rings is 1. The zero-order chi connectivity index (χ0) is 19.6. The zero-order valence-corrected chi connectivity index (χ0v) is 17.1. The fraction of sp³-hybridized carbons (Fsp3) is 0.524. The molecule has 4 aliphatic rings. The Morgan fingerprint density at radius 1 is 1.38 bits per heavy atom. The molecule has 3 unspecified atom stereocenters. The summed E-state index contributed by atoms with van der Waals surface area (Å²) in [7, 11) is 0. The molecule has 2 N–H and O–H groups in total. The molecule has 0 radical (unpaired) electrons. The number of aromatic nitrogens is 2. The molecule has 3 atom stereocenters. The average Bonchev–Trinajstić information content (AvgIpc) is 3.14. The molecular formula is C21H24N4O3S. The van der Waals surface area contributed by atoms with Gasteiger partial charge >= 0.3 is 0 Å². The monoisotopic (exact) mass is 412 g/mol. The van der Waals surface area contributed by atoms with Crippen LogP contribution in [0.1, 0.15) is 37.9 Å². The molecule has 2 bridgehead atoms. The number of nitrogens with zero attached hydrogens (tertiary/aromatic N) is 3. The molecule has 3 saturated heterocycles. The Balaban J connectivity index is 1.39. The first-order valence-corrected chi connectivity index (χ1v) is 11.1. The largest absolute Gasteiger partial charge is 0.423 e. The van der Waals surface area contributed by atoms with Gasteiger partial charge in [0.05, 0.1) is 23.9 Å². The normalized spacial score (nSPS) is 25.8. The van der Waals surface area contributed by atoms with Gasteiger partial charge in [-0.3, -0.25) is 0 Å². The average molecular weight is 413 g/mol. The zero-order valence-electron chi connectivity index (χ0n) is 16.3. The molecule has 4 fully saturated rings. The first-order valence-electron chi connectivity index (χ1n) is 10.3. The van der Waals surface area contributed by atoms with Crippen LogP contribution in [0.3, 0.4) is 0 Å². The summed E-state index contributed by atoms with van der Waals surface area (Å²) in [6.07, 6.45) is 4.50. The summed E-state index contributed by atoms with van der Waals surface area (Å²) in [4.78, 5) is 11.6. The fourth-order valence-corrected chi connectivity index (χ4v) is 4.99. The minimum absolute atomic E-state index is 0.179. The summed E-state index contributed by atoms with van der Waals surface area (Å²) in [5, 5.41) is 16.6. The lowest BCUT2D eigenvalue weighted by Gasteiger charge is -2.47. The Morgan fingerprint density at radius 3 is 2.86 bits per heavy atom. The topological polar surface area (TPSA) is 83.7 Å². The van der Waals surface area contributed by atoms with Crippen molar-refractivity contribution in [2.45, 2.75) is 50.0 Å². The summed E-state index contributed by atoms with van der Waals surface area (Å²) >= 11 is 1.59. The van der Waals surface area contributed by atoms with Crippen molar-refractivity contribution in [1.82, 2.24) is 15.3 Å². The van der Waals surface area contributed by atoms with E-state index in [1.807, 2.05) is 24.6 Å². The van der Waals surface area contributed by atoms with E-state index in [1.54, 1.807) is 11.3 Å². The summed E-state index contributed by atoms with van der Waals surface area (Å²) < 4.78 is 12.3. The van der Waals surface area contributed by atoms with Crippen LogP contribution in [0, 0.1) is 0 Å². The van der Waals surface area contributed by atoms with E-state index in [9.17, 15) is 5.11 Å². The molecule has 0 spiro atoms. The van der Waals surface area contributed by atoms with Crippen molar-refractivity contribution in [1.29, 1.82) is 0 Å². The third-order valence-electron chi connectivity index (χ3n) is 6.29. The van der Waals surface area contributed by atoms with Crippen LogP contribution in [-0.2, 0) is 4.74 Å². The number of benzene rings is 1. The highest BCUT2D eigenvalue weighted by Crippen LogP contribution is 2.40. The Bertz CT molecular complexity index is 1030. The second-order valence-corrected chi connectivity index (χ2v) is 9.49. The number of rotatable bonds is 6. The third kappa shape index (κ3) is 3.15. The molecule has 3 aromatic rings. The van der Waals surface area contributed by atoms with E-state index in [1.165, 1.54) is 6.42 Å². The SMILES string of the molecule is CC(OCC1(O)CC1)c1ccc(-c2nccs2)c2oc(N3CC4CC(C3)N4)nc12. The molecular weight excluding hydrogens is 388 g/mol. The van der Waals surface area contributed by atoms with Gasteiger partial charge in [0.1, 0.15) is 10.5 Å². The molecule has 152 valence electrons. The van der Waals surface area contributed by atoms with Crippen LogP contribution in [-0.4, -0.2) is 52.5 Å². The summed E-state index contributed by atoms with van der Waals surface area (Å²) in [5.41, 5.74) is 2.91. The van der Waals surface area contributed by atoms with Crippen molar-refractivity contribution in [3.05, 3.63) is 29.3 Å². The molecule has 8 heteroatoms. The van der Waals surface area contributed by atoms with Gasteiger partial charge in [-0.1, -0.05) is 6.07 Å². The van der Waals surface area contributed by atoms with Gasteiger partial charge in [0.25, 0.3) is 6.01 Å². The van der Waals surface area contributed by atoms with E-state index in [0.717, 1.165) is 53.2 Å². The van der Waals surface area contributed by atoms with Gasteiger partial charge in [0, 0.05) is 42.3 Å². The smallest absolute Gasteiger partial charge is 0.298 e. The number of thiazole rings is 1. The van der Waals surface area contributed by atoms with Crippen LogP contribution >= 0.6 is 11.3 Å². The van der Waals surface area contributed by atoms with Gasteiger partial charge < -0.3 is 24.5 Å². The lowest BCUT2D eigenvalue weighted by atomic mass is 9.92. The molecule has 0 amide bonds. The lowest BCUT2D eigenvalue weighted by Crippen LogP contribution is -2.67. The van der Waals surface area contributed by atoms with E-state index in [0.29, 0.717) is 24.7 Å². The Morgan fingerprint density at radius 2 is 2.17 bits per heavy atom. The molecule has 2 aromatic heterocycles. The van der Waals surface area contributed by atoms with Gasteiger partial charge in [0.15, 0.2) is 5.58 Å². The second-order valence-electron chi connectivity index (χ2n) is 8.59. The Labute approximate surface area is 172 Å². The van der Waals surface area contributed by atoms with E-state index in [4.69, 9.17) is 14.1 Å². The fourth-order valence-electron chi connectivity index (χ4n) is 4.33. The summed E-state index contributed by atoms with van der Waals surface area (Å²) in [6, 6.07) is 5.84. The maximum atomic E-state index is 10.1. The van der Waals surface area contributed by atoms with Crippen molar-refractivity contribution in [2.24, 2.45) is 0 Å². The predicted octanol–water partition coefficient (Wildman–Crippen LogP) is 3.10. The highest BCUT2D eigenvalue weighted by Gasteiger charge is 2.41. The second kappa shape index (κ2) is 6.50. The number of piperidine rings is 1. The van der Waals surface area contributed by atoms with Gasteiger partial charge in [-0.05, 0) is 32.3 Å². The number of piperazine rings is 1. The number of hydrogen-bond acceptors (Lipinski definition) is 8. The number of fused-ring (bicyclic) bond motifs is 3. The first-order chi connectivity index (χ1) is 14.1. The molecule has 5 heterocycles. The third-order valence-corrected chi connectivity index (χ3v) is 7.09. The summed E-state index contributed by atoms with van der Waals surface area (Å²) in [5.74, 6) is 0. The Hall–Kier alpha value is -2.00. The first kappa shape index (κ1) is 17.8. The van der Waals surface area contributed by atoms with Crippen molar-refractivity contribution in [2.75, 3.05) is 24.6 Å². The highest BCUT2D eigenvalue weighted by atomic mass is 32.1. The van der Waals surface area contributed by atoms with Crippen molar-refractivity contribution >= 4 is 28.5 Å². The van der Waals surface area contributed by atoms with Crippen LogP contribution in [0.25, 0.3) is 21.7 Å². The molecule has 1 aliphatic carbocycles. The minimum Gasteiger partial charge on any atom is -0.423 e. The molecule has 1 saturated carbocycles. The molecule has 7 rings (SSSR count). The molecule has 1 aromatic carbocycles. The number of ether oxygens (including phenoxy) is 1. The molecule has 7 nitrogen and oxygen atoms in total. The maximum Gasteiger partial charge on any atom is 0.298 e. The van der Waals surface area contributed by atoms with Gasteiger partial charge in [-0.15, -0.1) is 11.3 Å². The van der Waals surface area contributed by atoms with Crippen LogP contribution < -0.4 is 10.2 Å². The van der Waals surface area contributed by atoms with Gasteiger partial charge in [0.2, 0.25) is 0 Å². The van der Waals surface area contributed by atoms with E-state index in [2.05, 4.69) is 21.3 Å². The van der Waals surface area contributed by atoms with Crippen LogP contribution in [0.5, 0.6) is 0 Å². The quantitative estimate of drug-likeness (QED) is 0.644. The standard InChI is InChI=1S/C21H24N4O3S/c1-12(27-11-21(26)4-5-21)15-2-3-16(19-22-6-7-29-19)18-17(15)24-20(28-18)25-9-13-8-14(10-25)23-13/h2-3,6-7,12-14,23,26H,4-5,8-11H2,1H3. The lowest BCUT2D eigenvalue weighted by molar-refractivity contribution is -0.0150. The van der Waals surface area contributed by atoms with Crippen LogP contribution in [0.4, 0.5) is 6.01 Å². The van der Waals surface area contributed by atoms with E-state index in [-0.39, 0.29) is 6.10 Å². The minimum atomic E-state index is -0.634. The van der Waals surface area contributed by atoms with Crippen molar-refractivity contribution in [3.63, 3.8) is 0 Å². The highest BCUT2D eigenvalue weighted by molar-refractivity contribution is 7.13. The van der Waals surface area contributed by atoms with Gasteiger partial charge in [-0.25, -0.2) is 4.98 Å². The number of nitrogens with one attached hydrogen (secondary N) is 1. The van der Waals surface area contributed by atoms with Crippen LogP contribution in [0.15, 0.2) is 28.1 Å². The Kier molecular flexibility index (Phi) is 4.00. The van der Waals surface area contributed by atoms with E-state index >= 15 is 0 Å². The molecule has 3 aliphatic heterocycles.